The average molecular weight is 339 g/mol. The molecule has 1 aromatic rings. The minimum atomic E-state index is -0.138. The van der Waals surface area contributed by atoms with Gasteiger partial charge in [-0.3, -0.25) is 14.9 Å². The number of benzene rings is 1. The quantitative estimate of drug-likeness (QED) is 0.500. The molecule has 22 heavy (non-hydrogen) atoms. The largest absolute Gasteiger partial charge is 0.400 e. The van der Waals surface area contributed by atoms with Gasteiger partial charge in [0.15, 0.2) is 0 Å². The van der Waals surface area contributed by atoms with Crippen molar-refractivity contribution in [2.24, 2.45) is 15.9 Å². The molecule has 4 N–H and O–H groups in total. The average Bonchev–Trinajstić information content (AvgIpc) is 2.51. The van der Waals surface area contributed by atoms with Crippen LogP contribution in [0.4, 0.5) is 0 Å². The zero-order valence-corrected chi connectivity index (χ0v) is 14.1. The van der Waals surface area contributed by atoms with Crippen LogP contribution in [0.5, 0.6) is 0 Å². The maximum absolute atomic E-state index is 11.0. The van der Waals surface area contributed by atoms with E-state index in [9.17, 15) is 4.79 Å². The molecular formula is C15H19ClN4OS. The molecule has 1 amide bonds. The molecular weight excluding hydrogens is 320 g/mol. The van der Waals surface area contributed by atoms with Crippen LogP contribution in [0, 0.1) is 0 Å². The topological polar surface area (TPSA) is 84.7 Å². The third-order valence-corrected chi connectivity index (χ3v) is 4.57. The number of nitrogens with two attached hydrogens (primary N) is 2. The van der Waals surface area contributed by atoms with E-state index in [-0.39, 0.29) is 6.04 Å². The van der Waals surface area contributed by atoms with Crippen LogP contribution < -0.4 is 10.9 Å². The fourth-order valence-electron chi connectivity index (χ4n) is 2.61. The van der Waals surface area contributed by atoms with Gasteiger partial charge in [0, 0.05) is 40.3 Å². The zero-order chi connectivity index (χ0) is 16.3. The Kier molecular flexibility index (Phi) is 5.50. The van der Waals surface area contributed by atoms with E-state index >= 15 is 0 Å². The van der Waals surface area contributed by atoms with Gasteiger partial charge in [-0.25, -0.2) is 0 Å². The first-order valence-corrected chi connectivity index (χ1v) is 8.12. The second kappa shape index (κ2) is 7.17. The van der Waals surface area contributed by atoms with Crippen molar-refractivity contribution in [3.05, 3.63) is 40.1 Å². The Morgan fingerprint density at radius 2 is 2.23 bits per heavy atom. The first-order chi connectivity index (χ1) is 10.5. The van der Waals surface area contributed by atoms with Gasteiger partial charge in [-0.05, 0) is 43.5 Å². The Morgan fingerprint density at radius 1 is 1.50 bits per heavy atom. The van der Waals surface area contributed by atoms with Crippen LogP contribution in [-0.2, 0) is 4.79 Å². The van der Waals surface area contributed by atoms with E-state index in [4.69, 9.17) is 22.5 Å². The van der Waals surface area contributed by atoms with Crippen LogP contribution in [0.2, 0.25) is 5.02 Å². The van der Waals surface area contributed by atoms with Crippen LogP contribution in [0.25, 0.3) is 0 Å². The fourth-order valence-corrected chi connectivity index (χ4v) is 3.30. The summed E-state index contributed by atoms with van der Waals surface area (Å²) in [5.74, 6) is 0. The summed E-state index contributed by atoms with van der Waals surface area (Å²) in [4.78, 5) is 18.0. The minimum absolute atomic E-state index is 0.138. The maximum Gasteiger partial charge on any atom is 0.210 e. The highest BCUT2D eigenvalue weighted by Crippen LogP contribution is 2.27. The Labute approximate surface area is 139 Å². The molecule has 0 saturated heterocycles. The van der Waals surface area contributed by atoms with Gasteiger partial charge in [-0.2, -0.15) is 0 Å². The van der Waals surface area contributed by atoms with Crippen molar-refractivity contribution in [2.45, 2.75) is 24.3 Å². The number of nitrogens with zero attached hydrogens (tertiary/aromatic N) is 2. The molecule has 0 aromatic heterocycles. The number of hydrogen-bond acceptors (Lipinski definition) is 5. The van der Waals surface area contributed by atoms with Gasteiger partial charge >= 0.3 is 0 Å². The summed E-state index contributed by atoms with van der Waals surface area (Å²) in [5.41, 5.74) is 9.56. The van der Waals surface area contributed by atoms with E-state index < -0.39 is 0 Å². The van der Waals surface area contributed by atoms with E-state index in [2.05, 4.69) is 4.99 Å². The summed E-state index contributed by atoms with van der Waals surface area (Å²) in [6.45, 7) is 2.54. The summed E-state index contributed by atoms with van der Waals surface area (Å²) >= 11 is 7.29. The van der Waals surface area contributed by atoms with Crippen LogP contribution in [0.15, 0.2) is 39.4 Å². The molecule has 0 saturated carbocycles. The summed E-state index contributed by atoms with van der Waals surface area (Å²) in [6.07, 6.45) is 1.50. The molecule has 7 heteroatoms. The fraction of sp³-hybridized carbons (Fsp3) is 0.333. The second-order valence-corrected chi connectivity index (χ2v) is 6.21. The lowest BCUT2D eigenvalue weighted by Gasteiger charge is -2.33. The normalized spacial score (nSPS) is 19.5. The number of carbonyl (C=O) groups is 1. The molecule has 1 heterocycles. The Bertz CT molecular complexity index is 644. The van der Waals surface area contributed by atoms with Crippen molar-refractivity contribution < 1.29 is 4.79 Å². The van der Waals surface area contributed by atoms with E-state index in [1.54, 1.807) is 18.0 Å². The first kappa shape index (κ1) is 16.9. The highest BCUT2D eigenvalue weighted by atomic mass is 35.5. The van der Waals surface area contributed by atoms with Crippen LogP contribution in [0.3, 0.4) is 0 Å². The molecule has 118 valence electrons. The molecule has 0 fully saturated rings. The van der Waals surface area contributed by atoms with Gasteiger partial charge in [0.1, 0.15) is 0 Å². The molecule has 1 aromatic carbocycles. The molecule has 1 aliphatic heterocycles. The lowest BCUT2D eigenvalue weighted by atomic mass is 9.92. The highest BCUT2D eigenvalue weighted by molar-refractivity contribution is 7.97. The zero-order valence-electron chi connectivity index (χ0n) is 12.5. The molecule has 2 rings (SSSR count). The lowest BCUT2D eigenvalue weighted by molar-refractivity contribution is -0.119. The highest BCUT2D eigenvalue weighted by Gasteiger charge is 2.26. The first-order valence-electron chi connectivity index (χ1n) is 6.86. The molecule has 0 radical (unpaired) electrons. The van der Waals surface area contributed by atoms with Crippen LogP contribution in [-0.4, -0.2) is 36.7 Å². The number of hydrogen-bond donors (Lipinski definition) is 2. The molecule has 1 aliphatic rings. The second-order valence-electron chi connectivity index (χ2n) is 5.07. The lowest BCUT2D eigenvalue weighted by Crippen LogP contribution is -2.42. The number of carbonyl (C=O) groups excluding carboxylic acids is 1. The van der Waals surface area contributed by atoms with E-state index in [1.807, 2.05) is 19.1 Å². The summed E-state index contributed by atoms with van der Waals surface area (Å²) < 4.78 is 0. The van der Waals surface area contributed by atoms with Crippen LogP contribution >= 0.6 is 23.5 Å². The Morgan fingerprint density at radius 3 is 2.82 bits per heavy atom. The Hall–Kier alpha value is -1.50. The molecule has 0 spiro atoms. The van der Waals surface area contributed by atoms with Crippen molar-refractivity contribution in [1.82, 2.24) is 4.90 Å². The van der Waals surface area contributed by atoms with Gasteiger partial charge in [0.05, 0.1) is 11.8 Å². The molecule has 0 aliphatic carbocycles. The molecule has 5 nitrogen and oxygen atoms in total. The standard InChI is InChI=1S/C15H19ClN4OS/c1-9-14(17)13(3-4-20(9)8-21)15(19-2)10-5-11(16)7-12(6-10)22-18/h5-9H,3-4,17-18H2,1-2H3. The van der Waals surface area contributed by atoms with Gasteiger partial charge in [0.25, 0.3) is 0 Å². The van der Waals surface area contributed by atoms with E-state index in [1.165, 1.54) is 0 Å². The summed E-state index contributed by atoms with van der Waals surface area (Å²) in [5, 5.41) is 6.23. The molecule has 0 bridgehead atoms. The summed E-state index contributed by atoms with van der Waals surface area (Å²) in [7, 11) is 1.72. The maximum atomic E-state index is 11.0. The third kappa shape index (κ3) is 3.29. The minimum Gasteiger partial charge on any atom is -0.400 e. The molecule has 1 unspecified atom stereocenters. The van der Waals surface area contributed by atoms with Crippen LogP contribution in [0.1, 0.15) is 18.9 Å². The van der Waals surface area contributed by atoms with Gasteiger partial charge in [0.2, 0.25) is 6.41 Å². The van der Waals surface area contributed by atoms with E-state index in [0.717, 1.165) is 40.1 Å². The van der Waals surface area contributed by atoms with Crippen molar-refractivity contribution in [2.75, 3.05) is 13.6 Å². The van der Waals surface area contributed by atoms with Crippen molar-refractivity contribution >= 4 is 35.7 Å². The molecule has 1 atom stereocenters. The smallest absolute Gasteiger partial charge is 0.210 e. The third-order valence-electron chi connectivity index (χ3n) is 3.84. The van der Waals surface area contributed by atoms with Gasteiger partial charge in [-0.1, -0.05) is 11.6 Å². The Balaban J connectivity index is 2.47. The number of rotatable bonds is 4. The number of amides is 1. The monoisotopic (exact) mass is 338 g/mol. The predicted octanol–water partition coefficient (Wildman–Crippen LogP) is 2.19. The van der Waals surface area contributed by atoms with Crippen molar-refractivity contribution in [3.8, 4) is 0 Å². The summed E-state index contributed by atoms with van der Waals surface area (Å²) in [6, 6.07) is 5.45. The van der Waals surface area contributed by atoms with Crippen molar-refractivity contribution in [1.29, 1.82) is 0 Å². The SMILES string of the molecule is CN=C(C1=C(N)C(C)N(C=O)CC1)c1cc(Cl)cc(SN)c1. The van der Waals surface area contributed by atoms with E-state index in [0.29, 0.717) is 23.7 Å². The number of aliphatic imine (C=N–C) groups is 1. The van der Waals surface area contributed by atoms with Gasteiger partial charge in [-0.15, -0.1) is 0 Å². The number of halogens is 1. The predicted molar refractivity (Wildman–Crippen MR) is 92.0 cm³/mol. The van der Waals surface area contributed by atoms with Gasteiger partial charge < -0.3 is 10.6 Å². The van der Waals surface area contributed by atoms with Crippen molar-refractivity contribution in [3.63, 3.8) is 0 Å².